The largest absolute Gasteiger partial charge is 0.338 e. The standard InChI is InChI=1S/C8H10O3/c1-3-7(5-9-7)11-8(4-2)6-10-8/h3-4H,1-2,5-6H2. The van der Waals surface area contributed by atoms with E-state index in [1.807, 2.05) is 0 Å². The van der Waals surface area contributed by atoms with E-state index in [9.17, 15) is 0 Å². The van der Waals surface area contributed by atoms with Gasteiger partial charge in [0.25, 0.3) is 0 Å². The third kappa shape index (κ3) is 1.11. The lowest BCUT2D eigenvalue weighted by atomic mass is 10.3. The molecule has 2 aliphatic rings. The highest BCUT2D eigenvalue weighted by molar-refractivity contribution is 5.07. The summed E-state index contributed by atoms with van der Waals surface area (Å²) in [5, 5.41) is 0. The van der Waals surface area contributed by atoms with E-state index in [4.69, 9.17) is 14.2 Å². The van der Waals surface area contributed by atoms with Crippen LogP contribution in [0.15, 0.2) is 25.3 Å². The highest BCUT2D eigenvalue weighted by Crippen LogP contribution is 2.41. The van der Waals surface area contributed by atoms with E-state index in [2.05, 4.69) is 13.2 Å². The normalized spacial score (nSPS) is 46.5. The molecule has 3 heteroatoms. The summed E-state index contributed by atoms with van der Waals surface area (Å²) in [6.07, 6.45) is 3.28. The Balaban J connectivity index is 1.99. The van der Waals surface area contributed by atoms with Crippen LogP contribution >= 0.6 is 0 Å². The van der Waals surface area contributed by atoms with Gasteiger partial charge >= 0.3 is 0 Å². The fourth-order valence-electron chi connectivity index (χ4n) is 0.872. The second kappa shape index (κ2) is 1.94. The molecule has 0 saturated carbocycles. The minimum Gasteiger partial charge on any atom is -0.338 e. The van der Waals surface area contributed by atoms with Gasteiger partial charge in [0.05, 0.1) is 0 Å². The molecule has 2 heterocycles. The van der Waals surface area contributed by atoms with Gasteiger partial charge in [-0.2, -0.15) is 0 Å². The summed E-state index contributed by atoms with van der Waals surface area (Å²) in [5.41, 5.74) is 0. The summed E-state index contributed by atoms with van der Waals surface area (Å²) >= 11 is 0. The fraction of sp³-hybridized carbons (Fsp3) is 0.500. The zero-order chi connectivity index (χ0) is 7.95. The van der Waals surface area contributed by atoms with Crippen molar-refractivity contribution in [3.63, 3.8) is 0 Å². The Labute approximate surface area is 65.2 Å². The maximum atomic E-state index is 5.47. The summed E-state index contributed by atoms with van der Waals surface area (Å²) in [6, 6.07) is 0. The lowest BCUT2D eigenvalue weighted by Gasteiger charge is -2.11. The van der Waals surface area contributed by atoms with Gasteiger partial charge in [0.15, 0.2) is 0 Å². The van der Waals surface area contributed by atoms with Crippen LogP contribution in [0.5, 0.6) is 0 Å². The fourth-order valence-corrected chi connectivity index (χ4v) is 0.872. The molecule has 2 fully saturated rings. The van der Waals surface area contributed by atoms with Crippen molar-refractivity contribution < 1.29 is 14.2 Å². The molecule has 3 nitrogen and oxygen atoms in total. The SMILES string of the molecule is C=CC1(OC2(C=C)CO2)CO1. The van der Waals surface area contributed by atoms with Gasteiger partial charge in [0.1, 0.15) is 13.2 Å². The van der Waals surface area contributed by atoms with E-state index < -0.39 is 11.6 Å². The highest BCUT2D eigenvalue weighted by atomic mass is 16.9. The second-order valence-corrected chi connectivity index (χ2v) is 2.71. The van der Waals surface area contributed by atoms with Gasteiger partial charge < -0.3 is 14.2 Å². The smallest absolute Gasteiger partial charge is 0.215 e. The maximum Gasteiger partial charge on any atom is 0.215 e. The summed E-state index contributed by atoms with van der Waals surface area (Å²) in [5.74, 6) is -1.19. The second-order valence-electron chi connectivity index (χ2n) is 2.71. The molecule has 0 amide bonds. The van der Waals surface area contributed by atoms with Gasteiger partial charge in [0, 0.05) is 0 Å². The van der Waals surface area contributed by atoms with Crippen LogP contribution in [0.3, 0.4) is 0 Å². The van der Waals surface area contributed by atoms with Gasteiger partial charge in [0.2, 0.25) is 11.6 Å². The van der Waals surface area contributed by atoms with E-state index in [0.29, 0.717) is 13.2 Å². The molecule has 0 aromatic heterocycles. The zero-order valence-electron chi connectivity index (χ0n) is 6.21. The van der Waals surface area contributed by atoms with Gasteiger partial charge in [-0.1, -0.05) is 13.2 Å². The highest BCUT2D eigenvalue weighted by Gasteiger charge is 2.55. The molecule has 0 aromatic carbocycles. The number of ether oxygens (including phenoxy) is 3. The quantitative estimate of drug-likeness (QED) is 0.444. The molecule has 0 radical (unpaired) electrons. The molecule has 0 aliphatic carbocycles. The minimum atomic E-state index is -0.593. The van der Waals surface area contributed by atoms with E-state index in [0.717, 1.165) is 0 Å². The number of rotatable bonds is 4. The molecule has 2 aliphatic heterocycles. The Morgan fingerprint density at radius 3 is 1.64 bits per heavy atom. The predicted octanol–water partition coefficient (Wildman–Crippen LogP) is 0.828. The number of hydrogen-bond acceptors (Lipinski definition) is 3. The number of hydrogen-bond donors (Lipinski definition) is 0. The van der Waals surface area contributed by atoms with Gasteiger partial charge in [-0.15, -0.1) is 0 Å². The van der Waals surface area contributed by atoms with Crippen LogP contribution in [-0.2, 0) is 14.2 Å². The van der Waals surface area contributed by atoms with Crippen molar-refractivity contribution in [2.75, 3.05) is 13.2 Å². The average molecular weight is 154 g/mol. The summed E-state index contributed by atoms with van der Waals surface area (Å²) in [4.78, 5) is 0. The van der Waals surface area contributed by atoms with Crippen LogP contribution in [-0.4, -0.2) is 24.8 Å². The molecule has 0 aromatic rings. The molecule has 60 valence electrons. The van der Waals surface area contributed by atoms with Gasteiger partial charge in [-0.05, 0) is 12.2 Å². The van der Waals surface area contributed by atoms with Crippen molar-refractivity contribution in [3.05, 3.63) is 25.3 Å². The molecule has 2 rings (SSSR count). The van der Waals surface area contributed by atoms with Crippen molar-refractivity contribution in [3.8, 4) is 0 Å². The Kier molecular flexibility index (Phi) is 1.24. The molecule has 2 saturated heterocycles. The van der Waals surface area contributed by atoms with Crippen molar-refractivity contribution in [1.29, 1.82) is 0 Å². The van der Waals surface area contributed by atoms with Crippen LogP contribution in [0.1, 0.15) is 0 Å². The maximum absolute atomic E-state index is 5.47. The molecule has 0 bridgehead atoms. The predicted molar refractivity (Wildman–Crippen MR) is 38.8 cm³/mol. The minimum absolute atomic E-state index is 0.565. The lowest BCUT2D eigenvalue weighted by Crippen LogP contribution is -2.23. The summed E-state index contributed by atoms with van der Waals surface area (Å²) in [6.45, 7) is 8.33. The van der Waals surface area contributed by atoms with Crippen LogP contribution in [0.4, 0.5) is 0 Å². The van der Waals surface area contributed by atoms with Crippen LogP contribution in [0, 0.1) is 0 Å². The number of epoxide rings is 2. The molecule has 2 atom stereocenters. The molecule has 11 heavy (non-hydrogen) atoms. The van der Waals surface area contributed by atoms with Crippen molar-refractivity contribution in [2.45, 2.75) is 11.6 Å². The van der Waals surface area contributed by atoms with Crippen LogP contribution in [0.2, 0.25) is 0 Å². The molecule has 2 unspecified atom stereocenters. The van der Waals surface area contributed by atoms with Gasteiger partial charge in [-0.25, -0.2) is 0 Å². The van der Waals surface area contributed by atoms with Gasteiger partial charge in [-0.3, -0.25) is 0 Å². The first kappa shape index (κ1) is 7.03. The topological polar surface area (TPSA) is 34.3 Å². The summed E-state index contributed by atoms with van der Waals surface area (Å²) in [7, 11) is 0. The zero-order valence-corrected chi connectivity index (χ0v) is 6.21. The molecular weight excluding hydrogens is 144 g/mol. The average Bonchev–Trinajstić information content (AvgIpc) is 2.90. The Morgan fingerprint density at radius 2 is 1.45 bits per heavy atom. The molecule has 0 spiro atoms. The van der Waals surface area contributed by atoms with Crippen LogP contribution in [0.25, 0.3) is 0 Å². The monoisotopic (exact) mass is 154 g/mol. The first-order valence-corrected chi connectivity index (χ1v) is 3.49. The van der Waals surface area contributed by atoms with E-state index in [1.54, 1.807) is 12.2 Å². The van der Waals surface area contributed by atoms with Crippen molar-refractivity contribution >= 4 is 0 Å². The third-order valence-electron chi connectivity index (χ3n) is 1.83. The molecular formula is C8H10O3. The van der Waals surface area contributed by atoms with E-state index in [-0.39, 0.29) is 0 Å². The Hall–Kier alpha value is -0.640. The Morgan fingerprint density at radius 1 is 1.09 bits per heavy atom. The van der Waals surface area contributed by atoms with Crippen molar-refractivity contribution in [1.82, 2.24) is 0 Å². The van der Waals surface area contributed by atoms with Crippen molar-refractivity contribution in [2.24, 2.45) is 0 Å². The first-order valence-electron chi connectivity index (χ1n) is 3.49. The Bertz CT molecular complexity index is 179. The third-order valence-corrected chi connectivity index (χ3v) is 1.83. The lowest BCUT2D eigenvalue weighted by molar-refractivity contribution is -0.0988. The first-order chi connectivity index (χ1) is 5.24. The molecule has 0 N–H and O–H groups in total. The van der Waals surface area contributed by atoms with E-state index >= 15 is 0 Å². The van der Waals surface area contributed by atoms with E-state index in [1.165, 1.54) is 0 Å². The van der Waals surface area contributed by atoms with Crippen LogP contribution < -0.4 is 0 Å². The summed E-state index contributed by atoms with van der Waals surface area (Å²) < 4.78 is 15.6.